The Morgan fingerprint density at radius 1 is 1.11 bits per heavy atom. The minimum atomic E-state index is -0.0597. The van der Waals surface area contributed by atoms with E-state index >= 15 is 0 Å². The van der Waals surface area contributed by atoms with Crippen LogP contribution in [-0.4, -0.2) is 56.0 Å². The third-order valence-electron chi connectivity index (χ3n) is 5.87. The number of ether oxygens (including phenoxy) is 3. The van der Waals surface area contributed by atoms with Gasteiger partial charge in [0.15, 0.2) is 11.5 Å². The summed E-state index contributed by atoms with van der Waals surface area (Å²) in [5.74, 6) is 1.42. The lowest BCUT2D eigenvalue weighted by molar-refractivity contribution is -0.118. The topological polar surface area (TPSA) is 60.0 Å². The van der Waals surface area contributed by atoms with Crippen molar-refractivity contribution >= 4 is 12.0 Å². The molecular formula is C21H28N2O4. The second-order valence-corrected chi connectivity index (χ2v) is 7.55. The Morgan fingerprint density at radius 3 is 2.70 bits per heavy atom. The highest BCUT2D eigenvalue weighted by molar-refractivity contribution is 5.91. The Kier molecular flexibility index (Phi) is 5.64. The van der Waals surface area contributed by atoms with Crippen LogP contribution in [0.15, 0.2) is 24.3 Å². The van der Waals surface area contributed by atoms with Gasteiger partial charge in [-0.3, -0.25) is 9.69 Å². The maximum Gasteiger partial charge on any atom is 0.244 e. The first-order valence-corrected chi connectivity index (χ1v) is 9.94. The van der Waals surface area contributed by atoms with E-state index in [0.29, 0.717) is 6.54 Å². The monoisotopic (exact) mass is 372 g/mol. The molecule has 3 aliphatic heterocycles. The van der Waals surface area contributed by atoms with Crippen LogP contribution in [0, 0.1) is 0 Å². The third-order valence-corrected chi connectivity index (χ3v) is 5.87. The van der Waals surface area contributed by atoms with E-state index in [1.54, 1.807) is 6.08 Å². The molecule has 3 heterocycles. The molecule has 2 fully saturated rings. The molecule has 0 atom stereocenters. The molecule has 6 heteroatoms. The van der Waals surface area contributed by atoms with E-state index in [0.717, 1.165) is 56.2 Å². The first-order chi connectivity index (χ1) is 13.3. The molecule has 4 rings (SSSR count). The van der Waals surface area contributed by atoms with Crippen molar-refractivity contribution in [3.8, 4) is 11.5 Å². The van der Waals surface area contributed by atoms with Gasteiger partial charge in [0.2, 0.25) is 12.7 Å². The average Bonchev–Trinajstić information content (AvgIpc) is 3.20. The molecule has 0 bridgehead atoms. The highest BCUT2D eigenvalue weighted by Gasteiger charge is 2.38. The molecule has 3 aliphatic rings. The minimum absolute atomic E-state index is 0.0426. The van der Waals surface area contributed by atoms with E-state index in [4.69, 9.17) is 14.2 Å². The Balaban J connectivity index is 1.36. The summed E-state index contributed by atoms with van der Waals surface area (Å²) >= 11 is 0. The van der Waals surface area contributed by atoms with Crippen LogP contribution >= 0.6 is 0 Å². The SMILES string of the molecule is O=C(/C=C/c1ccc2c(c1)OCO2)NCC1(N2CCCCC2)CCOCC1. The molecule has 0 radical (unpaired) electrons. The Morgan fingerprint density at radius 2 is 1.89 bits per heavy atom. The van der Waals surface area contributed by atoms with Gasteiger partial charge in [0, 0.05) is 31.4 Å². The molecule has 0 aromatic heterocycles. The van der Waals surface area contributed by atoms with Gasteiger partial charge in [-0.25, -0.2) is 0 Å². The number of hydrogen-bond donors (Lipinski definition) is 1. The number of carbonyl (C=O) groups excluding carboxylic acids is 1. The zero-order chi connectivity index (χ0) is 18.5. The average molecular weight is 372 g/mol. The number of carbonyl (C=O) groups is 1. The predicted octanol–water partition coefficient (Wildman–Crippen LogP) is 2.58. The van der Waals surface area contributed by atoms with Gasteiger partial charge in [0.25, 0.3) is 0 Å². The normalized spacial score (nSPS) is 22.1. The summed E-state index contributed by atoms with van der Waals surface area (Å²) in [6, 6.07) is 5.68. The summed E-state index contributed by atoms with van der Waals surface area (Å²) in [6.45, 7) is 4.75. The van der Waals surface area contributed by atoms with E-state index in [2.05, 4.69) is 10.2 Å². The van der Waals surface area contributed by atoms with Gasteiger partial charge in [-0.1, -0.05) is 12.5 Å². The predicted molar refractivity (Wildman–Crippen MR) is 103 cm³/mol. The Labute approximate surface area is 160 Å². The highest BCUT2D eigenvalue weighted by atomic mass is 16.7. The van der Waals surface area contributed by atoms with Gasteiger partial charge >= 0.3 is 0 Å². The molecule has 1 N–H and O–H groups in total. The van der Waals surface area contributed by atoms with Crippen LogP contribution in [-0.2, 0) is 9.53 Å². The number of piperidine rings is 1. The van der Waals surface area contributed by atoms with Crippen molar-refractivity contribution in [2.24, 2.45) is 0 Å². The zero-order valence-electron chi connectivity index (χ0n) is 15.7. The Hall–Kier alpha value is -2.05. The fraction of sp³-hybridized carbons (Fsp3) is 0.571. The fourth-order valence-electron chi connectivity index (χ4n) is 4.22. The summed E-state index contributed by atoms with van der Waals surface area (Å²) < 4.78 is 16.3. The van der Waals surface area contributed by atoms with Crippen molar-refractivity contribution in [2.75, 3.05) is 39.6 Å². The summed E-state index contributed by atoms with van der Waals surface area (Å²) in [4.78, 5) is 15.0. The second kappa shape index (κ2) is 8.31. The molecule has 1 aromatic rings. The van der Waals surface area contributed by atoms with Crippen molar-refractivity contribution in [1.29, 1.82) is 0 Å². The van der Waals surface area contributed by atoms with Crippen LogP contribution in [0.4, 0.5) is 0 Å². The van der Waals surface area contributed by atoms with Crippen molar-refractivity contribution in [3.63, 3.8) is 0 Å². The fourth-order valence-corrected chi connectivity index (χ4v) is 4.22. The third kappa shape index (κ3) is 4.28. The number of nitrogens with zero attached hydrogens (tertiary/aromatic N) is 1. The van der Waals surface area contributed by atoms with E-state index < -0.39 is 0 Å². The molecule has 0 saturated carbocycles. The minimum Gasteiger partial charge on any atom is -0.454 e. The van der Waals surface area contributed by atoms with Crippen LogP contribution in [0.1, 0.15) is 37.7 Å². The largest absolute Gasteiger partial charge is 0.454 e. The standard InChI is InChI=1S/C21H28N2O4/c24-20(7-5-17-4-6-18-19(14-17)27-16-26-18)22-15-21(8-12-25-13-9-21)23-10-2-1-3-11-23/h4-7,14H,1-3,8-13,15-16H2,(H,22,24)/b7-5+. The van der Waals surface area contributed by atoms with Crippen molar-refractivity contribution in [1.82, 2.24) is 10.2 Å². The van der Waals surface area contributed by atoms with Gasteiger partial charge < -0.3 is 19.5 Å². The van der Waals surface area contributed by atoms with E-state index in [9.17, 15) is 4.79 Å². The number of amides is 1. The highest BCUT2D eigenvalue weighted by Crippen LogP contribution is 2.33. The summed E-state index contributed by atoms with van der Waals surface area (Å²) in [5.41, 5.74) is 0.965. The van der Waals surface area contributed by atoms with Gasteiger partial charge in [-0.05, 0) is 62.5 Å². The maximum absolute atomic E-state index is 12.4. The lowest BCUT2D eigenvalue weighted by atomic mass is 9.86. The smallest absolute Gasteiger partial charge is 0.244 e. The lowest BCUT2D eigenvalue weighted by Crippen LogP contribution is -2.59. The van der Waals surface area contributed by atoms with Gasteiger partial charge in [0.1, 0.15) is 0 Å². The number of nitrogens with one attached hydrogen (secondary N) is 1. The number of hydrogen-bond acceptors (Lipinski definition) is 5. The zero-order valence-corrected chi connectivity index (χ0v) is 15.7. The summed E-state index contributed by atoms with van der Waals surface area (Å²) in [7, 11) is 0. The molecule has 1 aromatic carbocycles. The van der Waals surface area contributed by atoms with Gasteiger partial charge in [0.05, 0.1) is 0 Å². The first-order valence-electron chi connectivity index (χ1n) is 9.94. The van der Waals surface area contributed by atoms with Crippen LogP contribution < -0.4 is 14.8 Å². The van der Waals surface area contributed by atoms with Crippen molar-refractivity contribution < 1.29 is 19.0 Å². The maximum atomic E-state index is 12.4. The molecule has 1 amide bonds. The van der Waals surface area contributed by atoms with Gasteiger partial charge in [-0.2, -0.15) is 0 Å². The quantitative estimate of drug-likeness (QED) is 0.805. The number of likely N-dealkylation sites (tertiary alicyclic amines) is 1. The van der Waals surface area contributed by atoms with E-state index in [1.807, 2.05) is 24.3 Å². The van der Waals surface area contributed by atoms with Crippen LogP contribution in [0.2, 0.25) is 0 Å². The van der Waals surface area contributed by atoms with Crippen molar-refractivity contribution in [2.45, 2.75) is 37.6 Å². The summed E-state index contributed by atoms with van der Waals surface area (Å²) in [6.07, 6.45) is 9.20. The number of rotatable bonds is 5. The van der Waals surface area contributed by atoms with E-state index in [-0.39, 0.29) is 18.2 Å². The Bertz CT molecular complexity index is 691. The number of fused-ring (bicyclic) bond motifs is 1. The van der Waals surface area contributed by atoms with E-state index in [1.165, 1.54) is 19.3 Å². The first kappa shape index (κ1) is 18.3. The molecular weight excluding hydrogens is 344 g/mol. The van der Waals surface area contributed by atoms with Crippen LogP contribution in [0.3, 0.4) is 0 Å². The molecule has 0 unspecified atom stereocenters. The molecule has 27 heavy (non-hydrogen) atoms. The second-order valence-electron chi connectivity index (χ2n) is 7.55. The number of benzene rings is 1. The van der Waals surface area contributed by atoms with Crippen molar-refractivity contribution in [3.05, 3.63) is 29.8 Å². The molecule has 6 nitrogen and oxygen atoms in total. The molecule has 2 saturated heterocycles. The summed E-state index contributed by atoms with van der Waals surface area (Å²) in [5, 5.41) is 3.13. The molecule has 0 aliphatic carbocycles. The van der Waals surface area contributed by atoms with Crippen LogP contribution in [0.25, 0.3) is 6.08 Å². The molecule has 0 spiro atoms. The lowest BCUT2D eigenvalue weighted by Gasteiger charge is -2.48. The van der Waals surface area contributed by atoms with Crippen LogP contribution in [0.5, 0.6) is 11.5 Å². The van der Waals surface area contributed by atoms with Gasteiger partial charge in [-0.15, -0.1) is 0 Å². The molecule has 146 valence electrons.